The Morgan fingerprint density at radius 1 is 1.87 bits per heavy atom. The van der Waals surface area contributed by atoms with Crippen molar-refractivity contribution in [3.63, 3.8) is 0 Å². The molecule has 0 aromatic carbocycles. The number of azide groups is 1. The van der Waals surface area contributed by atoms with Crippen LogP contribution in [-0.4, -0.2) is 29.1 Å². The minimum absolute atomic E-state index is 0. The number of hydrogen-bond donors (Lipinski definition) is 1. The number of carbonyl (C=O) groups excluding carboxylic acids is 1. The van der Waals surface area contributed by atoms with Crippen LogP contribution >= 0.6 is 0 Å². The Bertz CT molecular complexity index is 342. The van der Waals surface area contributed by atoms with Crippen molar-refractivity contribution in [3.8, 4) is 0 Å². The van der Waals surface area contributed by atoms with Crippen LogP contribution in [0.25, 0.3) is 10.4 Å². The van der Waals surface area contributed by atoms with E-state index >= 15 is 0 Å². The summed E-state index contributed by atoms with van der Waals surface area (Å²) >= 11 is 0. The van der Waals surface area contributed by atoms with Gasteiger partial charge in [-0.05, 0) is 5.53 Å². The van der Waals surface area contributed by atoms with Crippen LogP contribution in [-0.2, 0) is 16.0 Å². The summed E-state index contributed by atoms with van der Waals surface area (Å²) in [5.41, 5.74) is 8.95. The molecule has 15 heavy (non-hydrogen) atoms. The molecule has 0 bridgehead atoms. The van der Waals surface area contributed by atoms with Gasteiger partial charge in [0.15, 0.2) is 0 Å². The molecule has 0 unspecified atom stereocenters. The van der Waals surface area contributed by atoms with E-state index in [4.69, 9.17) is 5.53 Å². The number of esters is 1. The van der Waals surface area contributed by atoms with Crippen molar-refractivity contribution < 1.29 is 9.53 Å². The zero-order valence-corrected chi connectivity index (χ0v) is 7.54. The molecule has 0 aliphatic rings. The molecule has 0 spiro atoms. The van der Waals surface area contributed by atoms with Crippen LogP contribution in [0.15, 0.2) is 17.6 Å². The molecule has 82 valence electrons. The fourth-order valence-electron chi connectivity index (χ4n) is 0.974. The van der Waals surface area contributed by atoms with Crippen molar-refractivity contribution in [3.05, 3.63) is 28.7 Å². The van der Waals surface area contributed by atoms with Crippen LogP contribution in [0.2, 0.25) is 0 Å². The standard InChI is InChI=1S/C7H9N5O2.CH4/c1-14-7(13)6(11-12-8)2-5-3-9-4-10-5;/h3-4,6H,2H2,1H3,(H,9,10);1H4/t6-;/m0./s1. The number of hydrogen-bond acceptors (Lipinski definition) is 4. The summed E-state index contributed by atoms with van der Waals surface area (Å²) in [6.07, 6.45) is 3.30. The number of imidazole rings is 1. The number of H-pyrrole nitrogens is 1. The predicted octanol–water partition coefficient (Wildman–Crippen LogP) is 1.44. The van der Waals surface area contributed by atoms with Gasteiger partial charge in [-0.3, -0.25) is 4.79 Å². The molecule has 0 saturated heterocycles. The van der Waals surface area contributed by atoms with E-state index in [-0.39, 0.29) is 13.8 Å². The van der Waals surface area contributed by atoms with E-state index in [1.807, 2.05) is 0 Å². The van der Waals surface area contributed by atoms with Gasteiger partial charge < -0.3 is 9.72 Å². The molecule has 0 aliphatic carbocycles. The number of ether oxygens (including phenoxy) is 1. The van der Waals surface area contributed by atoms with Crippen molar-refractivity contribution in [2.24, 2.45) is 5.11 Å². The molecule has 7 heteroatoms. The van der Waals surface area contributed by atoms with Gasteiger partial charge in [-0.15, -0.1) is 0 Å². The van der Waals surface area contributed by atoms with Gasteiger partial charge in [-0.1, -0.05) is 12.5 Å². The van der Waals surface area contributed by atoms with Crippen molar-refractivity contribution in [2.75, 3.05) is 7.11 Å². The van der Waals surface area contributed by atoms with Crippen molar-refractivity contribution >= 4 is 5.97 Å². The fourth-order valence-corrected chi connectivity index (χ4v) is 0.974. The molecule has 0 fully saturated rings. The molecule has 1 aromatic heterocycles. The van der Waals surface area contributed by atoms with Gasteiger partial charge in [-0.2, -0.15) is 0 Å². The van der Waals surface area contributed by atoms with Gasteiger partial charge in [0.05, 0.1) is 13.4 Å². The van der Waals surface area contributed by atoms with Crippen molar-refractivity contribution in [1.29, 1.82) is 0 Å². The first-order valence-electron chi connectivity index (χ1n) is 3.87. The van der Waals surface area contributed by atoms with E-state index in [1.165, 1.54) is 13.4 Å². The highest BCUT2D eigenvalue weighted by Gasteiger charge is 2.18. The third-order valence-electron chi connectivity index (χ3n) is 1.63. The van der Waals surface area contributed by atoms with Crippen LogP contribution in [0.3, 0.4) is 0 Å². The minimum Gasteiger partial charge on any atom is -0.469 e. The second-order valence-electron chi connectivity index (χ2n) is 2.52. The Labute approximate surface area is 87.1 Å². The molecular formula is C8H13N5O2. The van der Waals surface area contributed by atoms with E-state index < -0.39 is 12.0 Å². The third kappa shape index (κ3) is 3.70. The minimum atomic E-state index is -0.842. The van der Waals surface area contributed by atoms with E-state index in [1.54, 1.807) is 6.20 Å². The van der Waals surface area contributed by atoms with Gasteiger partial charge in [0, 0.05) is 23.2 Å². The number of aromatic nitrogens is 2. The SMILES string of the molecule is C.COC(=O)[C@H](Cc1cnc[nH]1)N=[N+]=[N-]. The number of nitrogens with zero attached hydrogens (tertiary/aromatic N) is 4. The maximum Gasteiger partial charge on any atom is 0.315 e. The van der Waals surface area contributed by atoms with Crippen LogP contribution < -0.4 is 0 Å². The normalized spacial score (nSPS) is 10.7. The molecule has 0 radical (unpaired) electrons. The second kappa shape index (κ2) is 6.44. The molecule has 1 atom stereocenters. The van der Waals surface area contributed by atoms with E-state index in [2.05, 4.69) is 24.7 Å². The number of carbonyl (C=O) groups is 1. The smallest absolute Gasteiger partial charge is 0.315 e. The summed E-state index contributed by atoms with van der Waals surface area (Å²) in [6, 6.07) is -0.842. The summed E-state index contributed by atoms with van der Waals surface area (Å²) in [7, 11) is 1.25. The van der Waals surface area contributed by atoms with Gasteiger partial charge in [-0.25, -0.2) is 4.98 Å². The van der Waals surface area contributed by atoms with Crippen LogP contribution in [0, 0.1) is 0 Å². The quantitative estimate of drug-likeness (QED) is 0.352. The van der Waals surface area contributed by atoms with Gasteiger partial charge in [0.1, 0.15) is 6.04 Å². The Balaban J connectivity index is 0.00000196. The summed E-state index contributed by atoms with van der Waals surface area (Å²) < 4.78 is 4.48. The zero-order valence-electron chi connectivity index (χ0n) is 7.54. The highest BCUT2D eigenvalue weighted by atomic mass is 16.5. The molecule has 0 amide bonds. The summed E-state index contributed by atoms with van der Waals surface area (Å²) in [6.45, 7) is 0. The first-order chi connectivity index (χ1) is 6.77. The molecule has 0 aliphatic heterocycles. The number of methoxy groups -OCH3 is 1. The first kappa shape index (κ1) is 13.0. The monoisotopic (exact) mass is 211 g/mol. The Morgan fingerprint density at radius 2 is 2.60 bits per heavy atom. The van der Waals surface area contributed by atoms with Gasteiger partial charge >= 0.3 is 5.97 Å². The second-order valence-corrected chi connectivity index (χ2v) is 2.52. The highest BCUT2D eigenvalue weighted by Crippen LogP contribution is 2.04. The van der Waals surface area contributed by atoms with Crippen LogP contribution in [0.1, 0.15) is 13.1 Å². The topological polar surface area (TPSA) is 104 Å². The number of aromatic amines is 1. The first-order valence-corrected chi connectivity index (χ1v) is 3.87. The number of nitrogens with one attached hydrogen (secondary N) is 1. The molecular weight excluding hydrogens is 198 g/mol. The predicted molar refractivity (Wildman–Crippen MR) is 54.0 cm³/mol. The lowest BCUT2D eigenvalue weighted by atomic mass is 10.2. The van der Waals surface area contributed by atoms with Crippen molar-refractivity contribution in [2.45, 2.75) is 19.9 Å². The van der Waals surface area contributed by atoms with E-state index in [0.717, 1.165) is 0 Å². The summed E-state index contributed by atoms with van der Waals surface area (Å²) in [5.74, 6) is -0.558. The zero-order chi connectivity index (χ0) is 10.4. The van der Waals surface area contributed by atoms with Crippen molar-refractivity contribution in [1.82, 2.24) is 9.97 Å². The molecule has 1 aromatic rings. The lowest BCUT2D eigenvalue weighted by molar-refractivity contribution is -0.142. The van der Waals surface area contributed by atoms with Crippen LogP contribution in [0.4, 0.5) is 0 Å². The molecule has 1 heterocycles. The average molecular weight is 211 g/mol. The Kier molecular flexibility index (Phi) is 5.58. The summed E-state index contributed by atoms with van der Waals surface area (Å²) in [5, 5.41) is 3.33. The number of rotatable bonds is 4. The molecule has 1 rings (SSSR count). The van der Waals surface area contributed by atoms with Gasteiger partial charge in [0.2, 0.25) is 0 Å². The van der Waals surface area contributed by atoms with E-state index in [0.29, 0.717) is 5.69 Å². The van der Waals surface area contributed by atoms with Gasteiger partial charge in [0.25, 0.3) is 0 Å². The maximum atomic E-state index is 11.1. The fraction of sp³-hybridized carbons (Fsp3) is 0.500. The molecule has 7 nitrogen and oxygen atoms in total. The maximum absolute atomic E-state index is 11.1. The van der Waals surface area contributed by atoms with E-state index in [9.17, 15) is 4.79 Å². The van der Waals surface area contributed by atoms with Crippen LogP contribution in [0.5, 0.6) is 0 Å². The molecule has 0 saturated carbocycles. The lowest BCUT2D eigenvalue weighted by Gasteiger charge is -2.06. The Morgan fingerprint density at radius 3 is 3.07 bits per heavy atom. The third-order valence-corrected chi connectivity index (χ3v) is 1.63. The molecule has 1 N–H and O–H groups in total. The summed E-state index contributed by atoms with van der Waals surface area (Å²) in [4.78, 5) is 20.3. The average Bonchev–Trinajstić information content (AvgIpc) is 2.68. The largest absolute Gasteiger partial charge is 0.469 e. The lowest BCUT2D eigenvalue weighted by Crippen LogP contribution is -2.22. The highest BCUT2D eigenvalue weighted by molar-refractivity contribution is 5.76. The Hall–Kier alpha value is -2.01.